The van der Waals surface area contributed by atoms with Crippen LogP contribution >= 0.6 is 15.9 Å². The van der Waals surface area contributed by atoms with E-state index in [4.69, 9.17) is 0 Å². The number of halogens is 2. The molecule has 0 aliphatic heterocycles. The topological polar surface area (TPSA) is 28.7 Å². The quantitative estimate of drug-likeness (QED) is 0.567. The normalized spacial score (nSPS) is 11.3. The van der Waals surface area contributed by atoms with Gasteiger partial charge in [0.2, 0.25) is 0 Å². The fourth-order valence-electron chi connectivity index (χ4n) is 2.31. The second-order valence-electron chi connectivity index (χ2n) is 4.96. The summed E-state index contributed by atoms with van der Waals surface area (Å²) < 4.78 is 16.0. The molecule has 2 aromatic carbocycles. The molecule has 0 atom stereocenters. The van der Waals surface area contributed by atoms with Crippen LogP contribution in [0.3, 0.4) is 0 Å². The van der Waals surface area contributed by atoms with Crippen molar-refractivity contribution in [2.24, 2.45) is 0 Å². The lowest BCUT2D eigenvalue weighted by Crippen LogP contribution is -1.95. The Morgan fingerprint density at radius 1 is 1.04 bits per heavy atom. The van der Waals surface area contributed by atoms with Gasteiger partial charge >= 0.3 is 0 Å². The smallest absolute Gasteiger partial charge is 0.123 e. The molecular weight excluding hydrogens is 355 g/mol. The first-order valence-corrected chi connectivity index (χ1v) is 7.78. The minimum Gasteiger partial charge on any atom is -0.317 e. The molecule has 2 nitrogen and oxygen atoms in total. The molecule has 23 heavy (non-hydrogen) atoms. The van der Waals surface area contributed by atoms with Crippen molar-refractivity contribution in [2.45, 2.75) is 0 Å². The van der Waals surface area contributed by atoms with E-state index in [1.54, 1.807) is 18.2 Å². The van der Waals surface area contributed by atoms with Crippen LogP contribution in [0.15, 0.2) is 71.3 Å². The monoisotopic (exact) mass is 366 g/mol. The van der Waals surface area contributed by atoms with Gasteiger partial charge in [0.15, 0.2) is 0 Å². The number of rotatable bonds is 3. The highest BCUT2D eigenvalue weighted by Gasteiger charge is 2.05. The minimum atomic E-state index is -0.315. The Morgan fingerprint density at radius 3 is 2.39 bits per heavy atom. The largest absolute Gasteiger partial charge is 0.317 e. The predicted octanol–water partition coefficient (Wildman–Crippen LogP) is 5.44. The number of nitriles is 1. The van der Waals surface area contributed by atoms with E-state index in [1.165, 1.54) is 12.1 Å². The van der Waals surface area contributed by atoms with E-state index in [-0.39, 0.29) is 5.82 Å². The van der Waals surface area contributed by atoms with Crippen molar-refractivity contribution in [3.8, 4) is 11.8 Å². The van der Waals surface area contributed by atoms with Crippen molar-refractivity contribution in [2.75, 3.05) is 0 Å². The number of hydrogen-bond acceptors (Lipinski definition) is 1. The lowest BCUT2D eigenvalue weighted by atomic mass is 10.1. The van der Waals surface area contributed by atoms with Gasteiger partial charge in [-0.2, -0.15) is 5.26 Å². The third-order valence-electron chi connectivity index (χ3n) is 3.45. The van der Waals surface area contributed by atoms with Crippen molar-refractivity contribution in [3.63, 3.8) is 0 Å². The second kappa shape index (κ2) is 6.64. The molecule has 0 radical (unpaired) electrons. The van der Waals surface area contributed by atoms with Crippen LogP contribution in [0.5, 0.6) is 0 Å². The van der Waals surface area contributed by atoms with E-state index < -0.39 is 0 Å². The Morgan fingerprint density at radius 2 is 1.74 bits per heavy atom. The van der Waals surface area contributed by atoms with Crippen LogP contribution in [0.2, 0.25) is 0 Å². The van der Waals surface area contributed by atoms with Gasteiger partial charge in [0, 0.05) is 22.1 Å². The third kappa shape index (κ3) is 3.41. The molecule has 1 aromatic heterocycles. The lowest BCUT2D eigenvalue weighted by molar-refractivity contribution is 0.627. The Hall–Kier alpha value is -2.64. The maximum Gasteiger partial charge on any atom is 0.123 e. The van der Waals surface area contributed by atoms with Crippen molar-refractivity contribution in [1.82, 2.24) is 4.57 Å². The van der Waals surface area contributed by atoms with Crippen LogP contribution in [0.1, 0.15) is 11.3 Å². The molecule has 112 valence electrons. The molecule has 3 aromatic rings. The molecule has 0 aliphatic carbocycles. The van der Waals surface area contributed by atoms with Gasteiger partial charge in [-0.15, -0.1) is 0 Å². The molecule has 0 bridgehead atoms. The fourth-order valence-corrected chi connectivity index (χ4v) is 2.57. The fraction of sp³-hybridized carbons (Fsp3) is 0. The maximum absolute atomic E-state index is 13.0. The van der Waals surface area contributed by atoms with Gasteiger partial charge in [-0.3, -0.25) is 0 Å². The van der Waals surface area contributed by atoms with Gasteiger partial charge < -0.3 is 4.57 Å². The Balaban J connectivity index is 2.02. The average Bonchev–Trinajstić information content (AvgIpc) is 3.02. The van der Waals surface area contributed by atoms with E-state index >= 15 is 0 Å². The molecular formula is C19H12BrFN2. The molecule has 1 heterocycles. The van der Waals surface area contributed by atoms with Crippen molar-refractivity contribution in [1.29, 1.82) is 5.26 Å². The third-order valence-corrected chi connectivity index (χ3v) is 3.98. The average molecular weight is 367 g/mol. The summed E-state index contributed by atoms with van der Waals surface area (Å²) in [5.41, 5.74) is 3.06. The summed E-state index contributed by atoms with van der Waals surface area (Å²) in [6.45, 7) is 0. The predicted molar refractivity (Wildman–Crippen MR) is 93.4 cm³/mol. The van der Waals surface area contributed by atoms with Gasteiger partial charge in [0.1, 0.15) is 5.82 Å². The molecule has 0 saturated heterocycles. The Bertz CT molecular complexity index is 884. The number of allylic oxidation sites excluding steroid dienone is 1. The highest BCUT2D eigenvalue weighted by Crippen LogP contribution is 2.22. The van der Waals surface area contributed by atoms with Crippen LogP contribution in [0, 0.1) is 17.1 Å². The molecule has 0 spiro atoms. The second-order valence-corrected chi connectivity index (χ2v) is 5.87. The van der Waals surface area contributed by atoms with E-state index in [0.29, 0.717) is 11.1 Å². The molecule has 0 saturated carbocycles. The minimum absolute atomic E-state index is 0.315. The van der Waals surface area contributed by atoms with Crippen LogP contribution in [0.25, 0.3) is 17.3 Å². The summed E-state index contributed by atoms with van der Waals surface area (Å²) in [5.74, 6) is -0.315. The summed E-state index contributed by atoms with van der Waals surface area (Å²) >= 11 is 3.42. The van der Waals surface area contributed by atoms with Crippen molar-refractivity contribution >= 4 is 27.6 Å². The van der Waals surface area contributed by atoms with Gasteiger partial charge in [-0.1, -0.05) is 28.1 Å². The molecule has 0 amide bonds. The molecule has 0 unspecified atom stereocenters. The summed E-state index contributed by atoms with van der Waals surface area (Å²) in [6.07, 6.45) is 3.74. The van der Waals surface area contributed by atoms with Gasteiger partial charge in [-0.25, -0.2) is 4.39 Å². The zero-order chi connectivity index (χ0) is 16.2. The Kier molecular flexibility index (Phi) is 4.40. The van der Waals surface area contributed by atoms with Gasteiger partial charge in [0.05, 0.1) is 11.6 Å². The standard InChI is InChI=1S/C19H12BrFN2/c20-16-5-9-18(10-6-16)23-11-1-2-19(23)12-15(13-22)14-3-7-17(21)8-4-14/h1-12H/b15-12-. The lowest BCUT2D eigenvalue weighted by Gasteiger charge is -2.07. The number of hydrogen-bond donors (Lipinski definition) is 0. The van der Waals surface area contributed by atoms with Crippen molar-refractivity contribution < 1.29 is 4.39 Å². The molecule has 0 fully saturated rings. The first kappa shape index (κ1) is 15.3. The molecule has 0 N–H and O–H groups in total. The first-order valence-electron chi connectivity index (χ1n) is 6.98. The summed E-state index contributed by atoms with van der Waals surface area (Å²) in [4.78, 5) is 0. The van der Waals surface area contributed by atoms with Gasteiger partial charge in [0.25, 0.3) is 0 Å². The van der Waals surface area contributed by atoms with E-state index in [0.717, 1.165) is 15.9 Å². The van der Waals surface area contributed by atoms with E-state index in [1.807, 2.05) is 47.2 Å². The molecule has 4 heteroatoms. The zero-order valence-corrected chi connectivity index (χ0v) is 13.7. The Labute approximate surface area is 142 Å². The molecule has 3 rings (SSSR count). The van der Waals surface area contributed by atoms with Crippen LogP contribution in [0.4, 0.5) is 4.39 Å². The number of aromatic nitrogens is 1. The van der Waals surface area contributed by atoms with Gasteiger partial charge in [-0.05, 0) is 60.2 Å². The summed E-state index contributed by atoms with van der Waals surface area (Å²) in [7, 11) is 0. The van der Waals surface area contributed by atoms with Crippen LogP contribution in [-0.2, 0) is 0 Å². The number of nitrogens with zero attached hydrogens (tertiary/aromatic N) is 2. The SMILES string of the molecule is N#C/C(=C/c1cccn1-c1ccc(Br)cc1)c1ccc(F)cc1. The van der Waals surface area contributed by atoms with E-state index in [2.05, 4.69) is 22.0 Å². The maximum atomic E-state index is 13.0. The highest BCUT2D eigenvalue weighted by atomic mass is 79.9. The summed E-state index contributed by atoms with van der Waals surface area (Å²) in [5, 5.41) is 9.42. The first-order chi connectivity index (χ1) is 11.2. The van der Waals surface area contributed by atoms with Crippen LogP contribution in [-0.4, -0.2) is 4.57 Å². The highest BCUT2D eigenvalue weighted by molar-refractivity contribution is 9.10. The van der Waals surface area contributed by atoms with Crippen LogP contribution < -0.4 is 0 Å². The van der Waals surface area contributed by atoms with Crippen molar-refractivity contribution in [3.05, 3.63) is 88.4 Å². The zero-order valence-electron chi connectivity index (χ0n) is 12.1. The summed E-state index contributed by atoms with van der Waals surface area (Å²) in [6, 6.07) is 19.9. The van der Waals surface area contributed by atoms with E-state index in [9.17, 15) is 9.65 Å². The molecule has 0 aliphatic rings. The number of benzene rings is 2.